The molecular formula is C25H30N2O4S. The van der Waals surface area contributed by atoms with E-state index in [1.54, 1.807) is 24.0 Å². The third-order valence-electron chi connectivity index (χ3n) is 6.38. The lowest BCUT2D eigenvalue weighted by molar-refractivity contribution is 0.0762. The average molecular weight is 455 g/mol. The molecule has 32 heavy (non-hydrogen) atoms. The molecule has 1 N–H and O–H groups in total. The molecule has 1 amide bonds. The number of hydrogen-bond acceptors (Lipinski definition) is 4. The van der Waals surface area contributed by atoms with Gasteiger partial charge in [0, 0.05) is 29.7 Å². The van der Waals surface area contributed by atoms with Crippen molar-refractivity contribution in [3.05, 3.63) is 58.3 Å². The lowest BCUT2D eigenvalue weighted by atomic mass is 10.0. The molecule has 4 rings (SSSR count). The standard InChI is InChI=1S/C25H30N2O4S/c1-15(2)19-8-10-20(11-9-19)26-32(29,30)24-17(4)16(3)14-21-18(5)22(31-23(21)24)25(28)27-12-6-7-13-27/h8-11,14-15,26H,6-7,12-13H2,1-5H3. The zero-order valence-corrected chi connectivity index (χ0v) is 20.1. The van der Waals surface area contributed by atoms with Crippen LogP contribution in [0.1, 0.15) is 65.4 Å². The summed E-state index contributed by atoms with van der Waals surface area (Å²) in [6.07, 6.45) is 1.95. The molecule has 2 heterocycles. The van der Waals surface area contributed by atoms with Gasteiger partial charge in [0.25, 0.3) is 15.9 Å². The quantitative estimate of drug-likeness (QED) is 0.551. The van der Waals surface area contributed by atoms with Crippen molar-refractivity contribution in [2.45, 2.75) is 58.3 Å². The Hall–Kier alpha value is -2.80. The monoisotopic (exact) mass is 454 g/mol. The largest absolute Gasteiger partial charge is 0.449 e. The van der Waals surface area contributed by atoms with Crippen LogP contribution in [0.5, 0.6) is 0 Å². The third kappa shape index (κ3) is 3.90. The van der Waals surface area contributed by atoms with Crippen LogP contribution in [0.15, 0.2) is 39.6 Å². The predicted octanol–water partition coefficient (Wildman–Crippen LogP) is 5.52. The van der Waals surface area contributed by atoms with Crippen LogP contribution >= 0.6 is 0 Å². The summed E-state index contributed by atoms with van der Waals surface area (Å²) >= 11 is 0. The molecule has 1 aliphatic heterocycles. The molecule has 1 saturated heterocycles. The third-order valence-corrected chi connectivity index (χ3v) is 7.91. The number of carbonyl (C=O) groups is 1. The topological polar surface area (TPSA) is 79.6 Å². The van der Waals surface area contributed by atoms with E-state index in [0.29, 0.717) is 41.2 Å². The highest BCUT2D eigenvalue weighted by Gasteiger charge is 2.30. The number of carbonyl (C=O) groups excluding carboxylic acids is 1. The SMILES string of the molecule is Cc1cc2c(C)c(C(=O)N3CCCC3)oc2c(S(=O)(=O)Nc2ccc(C(C)C)cc2)c1C. The summed E-state index contributed by atoms with van der Waals surface area (Å²) in [6, 6.07) is 9.28. The Morgan fingerprint density at radius 3 is 2.25 bits per heavy atom. The van der Waals surface area contributed by atoms with Gasteiger partial charge in [-0.2, -0.15) is 0 Å². The van der Waals surface area contributed by atoms with Crippen molar-refractivity contribution in [1.82, 2.24) is 4.90 Å². The zero-order chi connectivity index (χ0) is 23.2. The molecule has 0 saturated carbocycles. The van der Waals surface area contributed by atoms with E-state index < -0.39 is 10.0 Å². The van der Waals surface area contributed by atoms with E-state index in [2.05, 4.69) is 18.6 Å². The number of aryl methyl sites for hydroxylation is 2. The first-order valence-electron chi connectivity index (χ1n) is 11.1. The summed E-state index contributed by atoms with van der Waals surface area (Å²) in [4.78, 5) is 14.9. The normalized spacial score (nSPS) is 14.5. The summed E-state index contributed by atoms with van der Waals surface area (Å²) < 4.78 is 35.7. The van der Waals surface area contributed by atoms with Gasteiger partial charge in [-0.25, -0.2) is 8.42 Å². The average Bonchev–Trinajstić information content (AvgIpc) is 3.37. The minimum atomic E-state index is -3.94. The highest BCUT2D eigenvalue weighted by molar-refractivity contribution is 7.93. The Balaban J connectivity index is 1.80. The van der Waals surface area contributed by atoms with Gasteiger partial charge >= 0.3 is 0 Å². The van der Waals surface area contributed by atoms with Gasteiger partial charge in [-0.1, -0.05) is 26.0 Å². The summed E-state index contributed by atoms with van der Waals surface area (Å²) in [7, 11) is -3.94. The number of hydrogen-bond donors (Lipinski definition) is 1. The van der Waals surface area contributed by atoms with Crippen LogP contribution < -0.4 is 4.72 Å². The predicted molar refractivity (Wildman–Crippen MR) is 127 cm³/mol. The molecule has 170 valence electrons. The molecule has 2 aromatic carbocycles. The fourth-order valence-corrected chi connectivity index (χ4v) is 5.78. The number of anilines is 1. The fourth-order valence-electron chi connectivity index (χ4n) is 4.28. The first-order chi connectivity index (χ1) is 15.1. The number of benzene rings is 2. The van der Waals surface area contributed by atoms with Crippen LogP contribution in [0.4, 0.5) is 5.69 Å². The van der Waals surface area contributed by atoms with Crippen LogP contribution in [0.25, 0.3) is 11.0 Å². The summed E-state index contributed by atoms with van der Waals surface area (Å²) in [5.41, 5.74) is 3.97. The second-order valence-corrected chi connectivity index (χ2v) is 10.6. The van der Waals surface area contributed by atoms with Crippen molar-refractivity contribution < 1.29 is 17.6 Å². The van der Waals surface area contributed by atoms with E-state index in [9.17, 15) is 13.2 Å². The van der Waals surface area contributed by atoms with Crippen molar-refractivity contribution in [3.8, 4) is 0 Å². The maximum atomic E-state index is 13.5. The molecule has 6 nitrogen and oxygen atoms in total. The lowest BCUT2D eigenvalue weighted by Crippen LogP contribution is -2.27. The number of likely N-dealkylation sites (tertiary alicyclic amines) is 1. The molecule has 0 atom stereocenters. The molecular weight excluding hydrogens is 424 g/mol. The summed E-state index contributed by atoms with van der Waals surface area (Å²) in [6.45, 7) is 11.0. The Labute approximate surface area is 189 Å². The first-order valence-corrected chi connectivity index (χ1v) is 12.5. The molecule has 1 fully saturated rings. The number of amides is 1. The van der Waals surface area contributed by atoms with Gasteiger partial charge in [-0.15, -0.1) is 0 Å². The number of fused-ring (bicyclic) bond motifs is 1. The first kappa shape index (κ1) is 22.4. The maximum absolute atomic E-state index is 13.5. The highest BCUT2D eigenvalue weighted by atomic mass is 32.2. The molecule has 0 radical (unpaired) electrons. The summed E-state index contributed by atoms with van der Waals surface area (Å²) in [5, 5.41) is 0.658. The van der Waals surface area contributed by atoms with Crippen molar-refractivity contribution in [2.75, 3.05) is 17.8 Å². The molecule has 0 spiro atoms. The van der Waals surface area contributed by atoms with E-state index >= 15 is 0 Å². The second-order valence-electron chi connectivity index (χ2n) is 8.96. The molecule has 0 unspecified atom stereocenters. The van der Waals surface area contributed by atoms with E-state index in [1.165, 1.54) is 0 Å². The minimum Gasteiger partial charge on any atom is -0.449 e. The van der Waals surface area contributed by atoms with Crippen LogP contribution in [0, 0.1) is 20.8 Å². The molecule has 0 aliphatic carbocycles. The maximum Gasteiger partial charge on any atom is 0.289 e. The number of sulfonamides is 1. The molecule has 0 bridgehead atoms. The Morgan fingerprint density at radius 2 is 1.66 bits per heavy atom. The Kier molecular flexibility index (Phi) is 5.79. The van der Waals surface area contributed by atoms with Crippen LogP contribution in [0.2, 0.25) is 0 Å². The zero-order valence-electron chi connectivity index (χ0n) is 19.3. The number of furan rings is 1. The van der Waals surface area contributed by atoms with Crippen molar-refractivity contribution in [2.24, 2.45) is 0 Å². The second kappa shape index (κ2) is 8.28. The molecule has 1 aromatic heterocycles. The van der Waals surface area contributed by atoms with Gasteiger partial charge in [-0.05, 0) is 74.4 Å². The van der Waals surface area contributed by atoms with Crippen LogP contribution in [-0.4, -0.2) is 32.3 Å². The summed E-state index contributed by atoms with van der Waals surface area (Å²) in [5.74, 6) is 0.411. The minimum absolute atomic E-state index is 0.0870. The smallest absolute Gasteiger partial charge is 0.289 e. The number of nitrogens with zero attached hydrogens (tertiary/aromatic N) is 1. The highest BCUT2D eigenvalue weighted by Crippen LogP contribution is 2.36. The van der Waals surface area contributed by atoms with E-state index in [-0.39, 0.29) is 22.1 Å². The number of rotatable bonds is 5. The van der Waals surface area contributed by atoms with Crippen molar-refractivity contribution in [3.63, 3.8) is 0 Å². The van der Waals surface area contributed by atoms with E-state index in [0.717, 1.165) is 24.0 Å². The molecule has 7 heteroatoms. The van der Waals surface area contributed by atoms with Crippen LogP contribution in [0.3, 0.4) is 0 Å². The van der Waals surface area contributed by atoms with E-state index in [1.807, 2.05) is 32.0 Å². The van der Waals surface area contributed by atoms with Gasteiger partial charge < -0.3 is 9.32 Å². The van der Waals surface area contributed by atoms with Gasteiger partial charge in [-0.3, -0.25) is 9.52 Å². The van der Waals surface area contributed by atoms with Crippen LogP contribution in [-0.2, 0) is 10.0 Å². The van der Waals surface area contributed by atoms with Gasteiger partial charge in [0.05, 0.1) is 0 Å². The lowest BCUT2D eigenvalue weighted by Gasteiger charge is -2.14. The molecule has 1 aliphatic rings. The van der Waals surface area contributed by atoms with Crippen molar-refractivity contribution >= 4 is 32.6 Å². The molecule has 3 aromatic rings. The van der Waals surface area contributed by atoms with Crippen molar-refractivity contribution in [1.29, 1.82) is 0 Å². The number of nitrogens with one attached hydrogen (secondary N) is 1. The van der Waals surface area contributed by atoms with Gasteiger partial charge in [0.15, 0.2) is 11.3 Å². The Bertz CT molecular complexity index is 1280. The van der Waals surface area contributed by atoms with Gasteiger partial charge in [0.2, 0.25) is 0 Å². The fraction of sp³-hybridized carbons (Fsp3) is 0.400. The Morgan fingerprint density at radius 1 is 1.03 bits per heavy atom. The van der Waals surface area contributed by atoms with E-state index in [4.69, 9.17) is 4.42 Å². The van der Waals surface area contributed by atoms with Gasteiger partial charge in [0.1, 0.15) is 4.90 Å².